The molecule has 4 nitrogen and oxygen atoms in total. The van der Waals surface area contributed by atoms with E-state index in [1.807, 2.05) is 60.9 Å². The van der Waals surface area contributed by atoms with Crippen LogP contribution in [-0.2, 0) is 0 Å². The quantitative estimate of drug-likeness (QED) is 0.212. The number of nitrogens with zero attached hydrogens (tertiary/aromatic N) is 4. The standard InChI is InChI=1S/C38H26N4/c1-2-16-34(28-10-4-12-30(24-28)36-18-6-20-38(42-36)32-14-8-22-40-26-32)33(15-1)27-9-3-11-29(23-27)35-17-5-19-37(41-35)31-13-7-21-39-25-31/h1-26H. The monoisotopic (exact) mass is 538 g/mol. The lowest BCUT2D eigenvalue weighted by molar-refractivity contribution is 1.28. The molecule has 0 saturated heterocycles. The lowest BCUT2D eigenvalue weighted by atomic mass is 9.92. The zero-order valence-corrected chi connectivity index (χ0v) is 22.8. The summed E-state index contributed by atoms with van der Waals surface area (Å²) in [5, 5.41) is 0. The molecule has 0 atom stereocenters. The molecule has 3 aromatic carbocycles. The normalized spacial score (nSPS) is 10.9. The first kappa shape index (κ1) is 25.2. The van der Waals surface area contributed by atoms with Gasteiger partial charge in [-0.15, -0.1) is 0 Å². The molecule has 0 bridgehead atoms. The lowest BCUT2D eigenvalue weighted by Crippen LogP contribution is -1.91. The van der Waals surface area contributed by atoms with E-state index < -0.39 is 0 Å². The number of pyridine rings is 4. The third-order valence-corrected chi connectivity index (χ3v) is 7.28. The third-order valence-electron chi connectivity index (χ3n) is 7.28. The van der Waals surface area contributed by atoms with Crippen LogP contribution in [-0.4, -0.2) is 19.9 Å². The number of rotatable bonds is 6. The molecule has 4 aromatic heterocycles. The Morgan fingerprint density at radius 2 is 0.690 bits per heavy atom. The molecular weight excluding hydrogens is 512 g/mol. The Bertz CT molecular complexity index is 1840. The van der Waals surface area contributed by atoms with Crippen molar-refractivity contribution in [2.24, 2.45) is 0 Å². The molecule has 0 spiro atoms. The van der Waals surface area contributed by atoms with Gasteiger partial charge < -0.3 is 0 Å². The van der Waals surface area contributed by atoms with Crippen LogP contribution in [0.3, 0.4) is 0 Å². The van der Waals surface area contributed by atoms with Crippen molar-refractivity contribution in [1.82, 2.24) is 19.9 Å². The van der Waals surface area contributed by atoms with Crippen molar-refractivity contribution in [3.63, 3.8) is 0 Å². The average Bonchev–Trinajstić information content (AvgIpc) is 3.09. The molecule has 42 heavy (non-hydrogen) atoms. The largest absolute Gasteiger partial charge is 0.264 e. The summed E-state index contributed by atoms with van der Waals surface area (Å²) in [5.74, 6) is 0. The van der Waals surface area contributed by atoms with Crippen LogP contribution >= 0.6 is 0 Å². The maximum atomic E-state index is 4.95. The van der Waals surface area contributed by atoms with Gasteiger partial charge in [0.05, 0.1) is 22.8 Å². The van der Waals surface area contributed by atoms with Crippen LogP contribution in [0.5, 0.6) is 0 Å². The van der Waals surface area contributed by atoms with Gasteiger partial charge in [-0.1, -0.05) is 72.8 Å². The molecule has 0 amide bonds. The zero-order chi connectivity index (χ0) is 28.1. The van der Waals surface area contributed by atoms with E-state index in [1.54, 1.807) is 12.4 Å². The molecule has 0 unspecified atom stereocenters. The Morgan fingerprint density at radius 1 is 0.310 bits per heavy atom. The molecular formula is C38H26N4. The average molecular weight is 539 g/mol. The van der Waals surface area contributed by atoms with Gasteiger partial charge in [0.15, 0.2) is 0 Å². The van der Waals surface area contributed by atoms with Crippen LogP contribution in [0.1, 0.15) is 0 Å². The summed E-state index contributed by atoms with van der Waals surface area (Å²) in [6, 6.07) is 45.9. The van der Waals surface area contributed by atoms with Gasteiger partial charge in [0.25, 0.3) is 0 Å². The van der Waals surface area contributed by atoms with Crippen LogP contribution in [0, 0.1) is 0 Å². The van der Waals surface area contributed by atoms with Gasteiger partial charge in [0.2, 0.25) is 0 Å². The van der Waals surface area contributed by atoms with Crippen LogP contribution in [0.2, 0.25) is 0 Å². The van der Waals surface area contributed by atoms with Crippen LogP contribution in [0.25, 0.3) is 67.3 Å². The molecule has 0 aliphatic carbocycles. The van der Waals surface area contributed by atoms with E-state index in [2.05, 4.69) is 94.9 Å². The Morgan fingerprint density at radius 3 is 1.12 bits per heavy atom. The Balaban J connectivity index is 1.25. The highest BCUT2D eigenvalue weighted by Crippen LogP contribution is 2.36. The van der Waals surface area contributed by atoms with Crippen molar-refractivity contribution in [1.29, 1.82) is 0 Å². The molecule has 0 aliphatic heterocycles. The molecule has 0 radical (unpaired) electrons. The molecule has 0 aliphatic rings. The highest BCUT2D eigenvalue weighted by Gasteiger charge is 2.11. The van der Waals surface area contributed by atoms with Crippen molar-refractivity contribution in [3.05, 3.63) is 158 Å². The highest BCUT2D eigenvalue weighted by atomic mass is 14.7. The fourth-order valence-electron chi connectivity index (χ4n) is 5.22. The summed E-state index contributed by atoms with van der Waals surface area (Å²) in [7, 11) is 0. The second kappa shape index (κ2) is 11.4. The van der Waals surface area contributed by atoms with Crippen LogP contribution < -0.4 is 0 Å². The highest BCUT2D eigenvalue weighted by molar-refractivity contribution is 5.86. The number of benzene rings is 3. The number of aromatic nitrogens is 4. The third kappa shape index (κ3) is 5.21. The minimum Gasteiger partial charge on any atom is -0.264 e. The van der Waals surface area contributed by atoms with Crippen molar-refractivity contribution in [2.75, 3.05) is 0 Å². The van der Waals surface area contributed by atoms with Gasteiger partial charge in [-0.2, -0.15) is 0 Å². The molecule has 4 heterocycles. The fourth-order valence-corrected chi connectivity index (χ4v) is 5.22. The van der Waals surface area contributed by atoms with Crippen LogP contribution in [0.4, 0.5) is 0 Å². The van der Waals surface area contributed by atoms with Gasteiger partial charge in [0.1, 0.15) is 0 Å². The molecule has 4 heteroatoms. The zero-order valence-electron chi connectivity index (χ0n) is 22.8. The second-order valence-electron chi connectivity index (χ2n) is 10.0. The van der Waals surface area contributed by atoms with Crippen molar-refractivity contribution >= 4 is 0 Å². The fraction of sp³-hybridized carbons (Fsp3) is 0. The summed E-state index contributed by atoms with van der Waals surface area (Å²) in [4.78, 5) is 18.4. The maximum absolute atomic E-state index is 4.95. The van der Waals surface area contributed by atoms with Gasteiger partial charge in [-0.05, 0) is 82.9 Å². The van der Waals surface area contributed by atoms with E-state index in [4.69, 9.17) is 9.97 Å². The minimum absolute atomic E-state index is 0.907. The topological polar surface area (TPSA) is 51.6 Å². The first-order chi connectivity index (χ1) is 20.8. The molecule has 0 saturated carbocycles. The molecule has 198 valence electrons. The summed E-state index contributed by atoms with van der Waals surface area (Å²) < 4.78 is 0. The second-order valence-corrected chi connectivity index (χ2v) is 10.0. The van der Waals surface area contributed by atoms with E-state index in [-0.39, 0.29) is 0 Å². The SMILES string of the molecule is c1cncc(-c2cccc(-c3cccc(-c4ccccc4-c4cccc(-c5cccc(-c6cccnc6)n5)c4)c3)n2)c1. The first-order valence-electron chi connectivity index (χ1n) is 13.9. The summed E-state index contributed by atoms with van der Waals surface area (Å²) in [5.41, 5.74) is 12.4. The van der Waals surface area contributed by atoms with Gasteiger partial charge in [-0.3, -0.25) is 9.97 Å². The summed E-state index contributed by atoms with van der Waals surface area (Å²) in [6.07, 6.45) is 7.25. The molecule has 0 N–H and O–H groups in total. The Labute approximate surface area is 245 Å². The molecule has 7 aromatic rings. The Kier molecular flexibility index (Phi) is 6.85. The van der Waals surface area contributed by atoms with E-state index in [0.29, 0.717) is 0 Å². The molecule has 0 fully saturated rings. The van der Waals surface area contributed by atoms with E-state index in [0.717, 1.165) is 67.3 Å². The van der Waals surface area contributed by atoms with Crippen molar-refractivity contribution < 1.29 is 0 Å². The maximum Gasteiger partial charge on any atom is 0.0725 e. The summed E-state index contributed by atoms with van der Waals surface area (Å²) in [6.45, 7) is 0. The summed E-state index contributed by atoms with van der Waals surface area (Å²) >= 11 is 0. The van der Waals surface area contributed by atoms with E-state index in [1.165, 1.54) is 0 Å². The van der Waals surface area contributed by atoms with E-state index in [9.17, 15) is 0 Å². The predicted molar refractivity (Wildman–Crippen MR) is 170 cm³/mol. The van der Waals surface area contributed by atoms with Gasteiger partial charge in [-0.25, -0.2) is 9.97 Å². The molecule has 7 rings (SSSR count). The van der Waals surface area contributed by atoms with Gasteiger partial charge in [0, 0.05) is 47.0 Å². The van der Waals surface area contributed by atoms with Crippen molar-refractivity contribution in [2.45, 2.75) is 0 Å². The predicted octanol–water partition coefficient (Wildman–Crippen LogP) is 9.27. The van der Waals surface area contributed by atoms with Crippen molar-refractivity contribution in [3.8, 4) is 67.3 Å². The minimum atomic E-state index is 0.907. The Hall–Kier alpha value is -5.74. The number of hydrogen-bond donors (Lipinski definition) is 0. The van der Waals surface area contributed by atoms with Gasteiger partial charge >= 0.3 is 0 Å². The lowest BCUT2D eigenvalue weighted by Gasteiger charge is -2.13. The van der Waals surface area contributed by atoms with Crippen LogP contribution in [0.15, 0.2) is 158 Å². The van der Waals surface area contributed by atoms with E-state index >= 15 is 0 Å². The first-order valence-corrected chi connectivity index (χ1v) is 13.9. The smallest absolute Gasteiger partial charge is 0.0725 e. The number of hydrogen-bond acceptors (Lipinski definition) is 4.